The minimum Gasteiger partial charge on any atom is -0.330 e. The maximum absolute atomic E-state index is 5.57. The lowest BCUT2D eigenvalue weighted by atomic mass is 10.2. The topological polar surface area (TPSA) is 42.2 Å². The molecule has 0 saturated heterocycles. The van der Waals surface area contributed by atoms with Crippen LogP contribution in [-0.2, 0) is 13.0 Å². The molecule has 1 aromatic carbocycles. The van der Waals surface area contributed by atoms with Gasteiger partial charge < -0.3 is 5.73 Å². The van der Waals surface area contributed by atoms with Crippen LogP contribution < -0.4 is 5.73 Å². The van der Waals surface area contributed by atoms with Gasteiger partial charge in [0.15, 0.2) is 0 Å². The lowest BCUT2D eigenvalue weighted by Crippen LogP contribution is -2.21. The number of fused-ring (bicyclic) bond motifs is 1. The van der Waals surface area contributed by atoms with Crippen molar-refractivity contribution in [1.29, 1.82) is 0 Å². The molecule has 0 aliphatic carbocycles. The van der Waals surface area contributed by atoms with Crippen molar-refractivity contribution >= 4 is 21.6 Å². The molecule has 0 atom stereocenters. The lowest BCUT2D eigenvalue weighted by Gasteiger charge is -2.17. The van der Waals surface area contributed by atoms with Gasteiger partial charge in [-0.1, -0.05) is 19.9 Å². The number of hydrogen-bond donors (Lipinski definition) is 1. The van der Waals surface area contributed by atoms with Gasteiger partial charge >= 0.3 is 0 Å². The van der Waals surface area contributed by atoms with Crippen LogP contribution >= 0.6 is 11.3 Å². The summed E-state index contributed by atoms with van der Waals surface area (Å²) in [6, 6.07) is 6.59. The molecule has 3 nitrogen and oxygen atoms in total. The predicted molar refractivity (Wildman–Crippen MR) is 79.0 cm³/mol. The first-order valence-corrected chi connectivity index (χ1v) is 7.39. The van der Waals surface area contributed by atoms with Crippen molar-refractivity contribution in [3.05, 3.63) is 28.8 Å². The van der Waals surface area contributed by atoms with E-state index in [9.17, 15) is 0 Å². The lowest BCUT2D eigenvalue weighted by molar-refractivity contribution is 0.296. The van der Waals surface area contributed by atoms with E-state index in [0.717, 1.165) is 36.6 Å². The van der Waals surface area contributed by atoms with Crippen molar-refractivity contribution in [2.45, 2.75) is 26.8 Å². The Bertz CT molecular complexity index is 503. The van der Waals surface area contributed by atoms with Crippen LogP contribution in [-0.4, -0.2) is 29.5 Å². The summed E-state index contributed by atoms with van der Waals surface area (Å²) in [5.74, 6) is 0. The van der Waals surface area contributed by atoms with Gasteiger partial charge in [-0.2, -0.15) is 0 Å². The van der Waals surface area contributed by atoms with Crippen LogP contribution in [0, 0.1) is 0 Å². The molecular formula is C14H21N3S. The fraction of sp³-hybridized carbons (Fsp3) is 0.500. The highest BCUT2D eigenvalue weighted by molar-refractivity contribution is 7.18. The zero-order chi connectivity index (χ0) is 13.0. The molecule has 2 rings (SSSR count). The zero-order valence-corrected chi connectivity index (χ0v) is 12.0. The summed E-state index contributed by atoms with van der Waals surface area (Å²) in [6.45, 7) is 8.28. The normalized spacial score (nSPS) is 11.6. The first kappa shape index (κ1) is 13.5. The van der Waals surface area contributed by atoms with Gasteiger partial charge in [0.25, 0.3) is 0 Å². The molecular weight excluding hydrogens is 242 g/mol. The van der Waals surface area contributed by atoms with E-state index in [1.54, 1.807) is 11.3 Å². The number of nitrogens with two attached hydrogens (primary N) is 1. The first-order valence-electron chi connectivity index (χ1n) is 6.57. The second-order valence-electron chi connectivity index (χ2n) is 4.41. The second-order valence-corrected chi connectivity index (χ2v) is 5.52. The fourth-order valence-electron chi connectivity index (χ4n) is 2.05. The molecule has 0 aliphatic rings. The summed E-state index contributed by atoms with van der Waals surface area (Å²) in [7, 11) is 0. The van der Waals surface area contributed by atoms with Crippen LogP contribution in [0.15, 0.2) is 18.2 Å². The monoisotopic (exact) mass is 263 g/mol. The molecule has 0 unspecified atom stereocenters. The minimum atomic E-state index is 0.673. The van der Waals surface area contributed by atoms with Gasteiger partial charge in [-0.05, 0) is 37.3 Å². The van der Waals surface area contributed by atoms with Crippen LogP contribution in [0.5, 0.6) is 0 Å². The Morgan fingerprint density at radius 2 is 2.06 bits per heavy atom. The number of hydrogen-bond acceptors (Lipinski definition) is 4. The van der Waals surface area contributed by atoms with Crippen molar-refractivity contribution in [3.8, 4) is 0 Å². The van der Waals surface area contributed by atoms with Gasteiger partial charge in [-0.15, -0.1) is 11.3 Å². The predicted octanol–water partition coefficient (Wildman–Crippen LogP) is 2.64. The third kappa shape index (κ3) is 3.07. The van der Waals surface area contributed by atoms with Crippen LogP contribution in [0.25, 0.3) is 10.2 Å². The summed E-state index contributed by atoms with van der Waals surface area (Å²) >= 11 is 1.77. The number of aromatic nitrogens is 1. The maximum atomic E-state index is 5.57. The van der Waals surface area contributed by atoms with Gasteiger partial charge in [0, 0.05) is 13.0 Å². The molecule has 18 heavy (non-hydrogen) atoms. The Morgan fingerprint density at radius 1 is 1.28 bits per heavy atom. The van der Waals surface area contributed by atoms with E-state index >= 15 is 0 Å². The Hall–Kier alpha value is -0.970. The molecule has 98 valence electrons. The Morgan fingerprint density at radius 3 is 2.72 bits per heavy atom. The standard InChI is InChI=1S/C14H21N3S/c1-3-17(4-2)10-11-5-6-12-13(9-11)18-14(16-12)7-8-15/h5-6,9H,3-4,7-8,10,15H2,1-2H3. The number of nitrogens with zero attached hydrogens (tertiary/aromatic N) is 2. The molecule has 0 radical (unpaired) electrons. The molecule has 4 heteroatoms. The van der Waals surface area contributed by atoms with Crippen LogP contribution in [0.3, 0.4) is 0 Å². The average Bonchev–Trinajstić information content (AvgIpc) is 2.78. The Labute approximate surface area is 113 Å². The number of rotatable bonds is 6. The molecule has 0 saturated carbocycles. The van der Waals surface area contributed by atoms with E-state index < -0.39 is 0 Å². The third-order valence-electron chi connectivity index (χ3n) is 3.16. The summed E-state index contributed by atoms with van der Waals surface area (Å²) in [4.78, 5) is 7.01. The number of thiazole rings is 1. The molecule has 2 N–H and O–H groups in total. The van der Waals surface area contributed by atoms with Crippen LogP contribution in [0.2, 0.25) is 0 Å². The van der Waals surface area contributed by atoms with E-state index in [2.05, 4.69) is 41.9 Å². The largest absolute Gasteiger partial charge is 0.330 e. The van der Waals surface area contributed by atoms with E-state index in [4.69, 9.17) is 5.73 Å². The highest BCUT2D eigenvalue weighted by Crippen LogP contribution is 2.24. The summed E-state index contributed by atoms with van der Waals surface area (Å²) in [5, 5.41) is 1.15. The number of benzene rings is 1. The van der Waals surface area contributed by atoms with Gasteiger partial charge in [0.05, 0.1) is 15.2 Å². The van der Waals surface area contributed by atoms with Crippen molar-refractivity contribution < 1.29 is 0 Å². The Balaban J connectivity index is 2.20. The van der Waals surface area contributed by atoms with Gasteiger partial charge in [-0.25, -0.2) is 4.98 Å². The van der Waals surface area contributed by atoms with E-state index in [0.29, 0.717) is 6.54 Å². The maximum Gasteiger partial charge on any atom is 0.0951 e. The molecule has 2 aromatic rings. The van der Waals surface area contributed by atoms with Crippen LogP contribution in [0.4, 0.5) is 0 Å². The molecule has 0 bridgehead atoms. The molecule has 0 spiro atoms. The smallest absolute Gasteiger partial charge is 0.0951 e. The second kappa shape index (κ2) is 6.27. The van der Waals surface area contributed by atoms with E-state index in [1.165, 1.54) is 10.3 Å². The van der Waals surface area contributed by atoms with Crippen molar-refractivity contribution in [3.63, 3.8) is 0 Å². The van der Waals surface area contributed by atoms with Gasteiger partial charge in [-0.3, -0.25) is 4.90 Å². The average molecular weight is 263 g/mol. The fourth-order valence-corrected chi connectivity index (χ4v) is 3.10. The van der Waals surface area contributed by atoms with Gasteiger partial charge in [0.1, 0.15) is 0 Å². The third-order valence-corrected chi connectivity index (χ3v) is 4.23. The van der Waals surface area contributed by atoms with Crippen molar-refractivity contribution in [2.24, 2.45) is 5.73 Å². The molecule has 0 aliphatic heterocycles. The van der Waals surface area contributed by atoms with Gasteiger partial charge in [0.2, 0.25) is 0 Å². The van der Waals surface area contributed by atoms with Crippen LogP contribution in [0.1, 0.15) is 24.4 Å². The highest BCUT2D eigenvalue weighted by Gasteiger charge is 2.06. The van der Waals surface area contributed by atoms with Crippen molar-refractivity contribution in [2.75, 3.05) is 19.6 Å². The molecule has 1 heterocycles. The molecule has 0 amide bonds. The quantitative estimate of drug-likeness (QED) is 0.871. The summed E-state index contributed by atoms with van der Waals surface area (Å²) in [5.41, 5.74) is 8.05. The summed E-state index contributed by atoms with van der Waals surface area (Å²) < 4.78 is 1.28. The zero-order valence-electron chi connectivity index (χ0n) is 11.1. The highest BCUT2D eigenvalue weighted by atomic mass is 32.1. The first-order chi connectivity index (χ1) is 8.76. The van der Waals surface area contributed by atoms with Crippen molar-refractivity contribution in [1.82, 2.24) is 9.88 Å². The summed E-state index contributed by atoms with van der Waals surface area (Å²) in [6.07, 6.45) is 0.880. The van der Waals surface area contributed by atoms with E-state index in [-0.39, 0.29) is 0 Å². The molecule has 1 aromatic heterocycles. The molecule has 0 fully saturated rings. The van der Waals surface area contributed by atoms with E-state index in [1.807, 2.05) is 0 Å². The Kier molecular flexibility index (Phi) is 4.69. The minimum absolute atomic E-state index is 0.673. The SMILES string of the molecule is CCN(CC)Cc1ccc2nc(CCN)sc2c1.